The topological polar surface area (TPSA) is 118 Å². The molecule has 194 valence electrons. The molecule has 0 spiro atoms. The monoisotopic (exact) mass is 525 g/mol. The summed E-state index contributed by atoms with van der Waals surface area (Å²) in [6.07, 6.45) is 4.07. The Balaban J connectivity index is 1.23. The SMILES string of the molecule is Cc1nc(OCCCS(C)(=O)=O)ccc1-c1ccc(F)c(CNc2cc3c(cn2)C2C(C3)C2C(=O)O)c1. The number of pyridine rings is 2. The zero-order valence-corrected chi connectivity index (χ0v) is 21.4. The maximum atomic E-state index is 14.6. The Labute approximate surface area is 214 Å². The molecule has 0 saturated heterocycles. The van der Waals surface area contributed by atoms with Crippen molar-refractivity contribution in [1.82, 2.24) is 9.97 Å². The van der Waals surface area contributed by atoms with Crippen molar-refractivity contribution in [3.05, 3.63) is 70.8 Å². The predicted molar refractivity (Wildman–Crippen MR) is 137 cm³/mol. The highest BCUT2D eigenvalue weighted by Crippen LogP contribution is 2.61. The summed E-state index contributed by atoms with van der Waals surface area (Å²) in [5.74, 6) is -0.0214. The molecule has 2 aliphatic rings. The molecule has 2 heterocycles. The standard InChI is InChI=1S/C27H28FN3O5S/c1-15-19(5-7-24(31-15)36-8-3-9-37(2,34)35)16-4-6-22(28)18(10-16)13-29-23-12-17-11-20-25(21(17)14-30-23)26(20)27(32)33/h4-7,10,12,14,20,25-26H,3,8-9,11,13H2,1-2H3,(H,29,30)(H,32,33). The lowest BCUT2D eigenvalue weighted by Crippen LogP contribution is -2.08. The minimum atomic E-state index is -3.03. The summed E-state index contributed by atoms with van der Waals surface area (Å²) in [5, 5.41) is 12.5. The number of sulfone groups is 1. The van der Waals surface area contributed by atoms with Gasteiger partial charge < -0.3 is 15.2 Å². The van der Waals surface area contributed by atoms with E-state index >= 15 is 0 Å². The number of nitrogens with one attached hydrogen (secondary N) is 1. The van der Waals surface area contributed by atoms with Crippen molar-refractivity contribution in [2.45, 2.75) is 32.2 Å². The number of ether oxygens (including phenoxy) is 1. The second-order valence-corrected chi connectivity index (χ2v) is 12.1. The minimum absolute atomic E-state index is 0.0592. The summed E-state index contributed by atoms with van der Waals surface area (Å²) in [6.45, 7) is 2.33. The molecule has 0 aliphatic heterocycles. The third-order valence-corrected chi connectivity index (χ3v) is 8.11. The van der Waals surface area contributed by atoms with Crippen molar-refractivity contribution in [3.8, 4) is 17.0 Å². The minimum Gasteiger partial charge on any atom is -0.481 e. The molecule has 1 fully saturated rings. The van der Waals surface area contributed by atoms with Crippen molar-refractivity contribution in [3.63, 3.8) is 0 Å². The van der Waals surface area contributed by atoms with Gasteiger partial charge in [0.1, 0.15) is 21.5 Å². The Morgan fingerprint density at radius 2 is 2.05 bits per heavy atom. The summed E-state index contributed by atoms with van der Waals surface area (Å²) in [4.78, 5) is 20.2. The summed E-state index contributed by atoms with van der Waals surface area (Å²) in [6, 6.07) is 10.4. The van der Waals surface area contributed by atoms with E-state index < -0.39 is 15.8 Å². The molecule has 3 atom stereocenters. The van der Waals surface area contributed by atoms with Gasteiger partial charge in [-0.15, -0.1) is 0 Å². The average Bonchev–Trinajstić information content (AvgIpc) is 3.43. The van der Waals surface area contributed by atoms with Gasteiger partial charge in [-0.05, 0) is 66.6 Å². The highest BCUT2D eigenvalue weighted by atomic mass is 32.2. The Kier molecular flexibility index (Phi) is 6.61. The van der Waals surface area contributed by atoms with Gasteiger partial charge in [0.2, 0.25) is 5.88 Å². The van der Waals surface area contributed by atoms with Crippen LogP contribution in [0.25, 0.3) is 11.1 Å². The lowest BCUT2D eigenvalue weighted by atomic mass is 10.0. The zero-order chi connectivity index (χ0) is 26.3. The van der Waals surface area contributed by atoms with E-state index in [9.17, 15) is 22.7 Å². The fraction of sp³-hybridized carbons (Fsp3) is 0.370. The number of carbonyl (C=O) groups is 1. The highest BCUT2D eigenvalue weighted by molar-refractivity contribution is 7.90. The Hall–Kier alpha value is -3.53. The maximum Gasteiger partial charge on any atom is 0.307 e. The molecule has 1 saturated carbocycles. The first-order chi connectivity index (χ1) is 17.6. The van der Waals surface area contributed by atoms with E-state index in [1.165, 1.54) is 12.3 Å². The van der Waals surface area contributed by atoms with Gasteiger partial charge in [-0.25, -0.2) is 22.8 Å². The molecular formula is C27H28FN3O5S. The number of fused-ring (bicyclic) bond motifs is 3. The number of benzene rings is 1. The van der Waals surface area contributed by atoms with E-state index in [1.807, 2.05) is 19.1 Å². The summed E-state index contributed by atoms with van der Waals surface area (Å²) < 4.78 is 42.7. The maximum absolute atomic E-state index is 14.6. The van der Waals surface area contributed by atoms with Crippen LogP contribution in [0.2, 0.25) is 0 Å². The number of hydrogen-bond donors (Lipinski definition) is 2. The highest BCUT2D eigenvalue weighted by Gasteiger charge is 2.59. The number of halogens is 1. The molecule has 37 heavy (non-hydrogen) atoms. The van der Waals surface area contributed by atoms with E-state index in [0.717, 1.165) is 28.7 Å². The molecule has 0 amide bonds. The number of aryl methyl sites for hydroxylation is 1. The molecule has 5 rings (SSSR count). The van der Waals surface area contributed by atoms with Crippen LogP contribution in [0.4, 0.5) is 10.2 Å². The average molecular weight is 526 g/mol. The fourth-order valence-corrected chi connectivity index (χ4v) is 5.85. The largest absolute Gasteiger partial charge is 0.481 e. The molecule has 2 aliphatic carbocycles. The van der Waals surface area contributed by atoms with Gasteiger partial charge in [0.15, 0.2) is 0 Å². The van der Waals surface area contributed by atoms with Crippen molar-refractivity contribution < 1.29 is 27.4 Å². The van der Waals surface area contributed by atoms with E-state index in [4.69, 9.17) is 4.74 Å². The third-order valence-electron chi connectivity index (χ3n) is 7.08. The van der Waals surface area contributed by atoms with Gasteiger partial charge in [-0.2, -0.15) is 0 Å². The van der Waals surface area contributed by atoms with Crippen molar-refractivity contribution in [2.24, 2.45) is 11.8 Å². The molecular weight excluding hydrogens is 497 g/mol. The number of aromatic nitrogens is 2. The molecule has 1 aromatic carbocycles. The molecule has 2 N–H and O–H groups in total. The van der Waals surface area contributed by atoms with Crippen LogP contribution in [0.1, 0.15) is 34.7 Å². The first-order valence-corrected chi connectivity index (χ1v) is 14.2. The van der Waals surface area contributed by atoms with Crippen LogP contribution >= 0.6 is 0 Å². The van der Waals surface area contributed by atoms with Crippen LogP contribution in [0.5, 0.6) is 5.88 Å². The number of anilines is 1. The number of hydrogen-bond acceptors (Lipinski definition) is 7. The lowest BCUT2D eigenvalue weighted by molar-refractivity contribution is -0.139. The molecule has 10 heteroatoms. The molecule has 0 radical (unpaired) electrons. The summed E-state index contributed by atoms with van der Waals surface area (Å²) in [5.41, 5.74) is 4.97. The van der Waals surface area contributed by atoms with Gasteiger partial charge in [0.25, 0.3) is 0 Å². The van der Waals surface area contributed by atoms with Crippen LogP contribution in [0, 0.1) is 24.6 Å². The van der Waals surface area contributed by atoms with Gasteiger partial charge in [0.05, 0.1) is 18.3 Å². The normalized spacial score (nSPS) is 19.7. The molecule has 2 aromatic heterocycles. The molecule has 3 aromatic rings. The van der Waals surface area contributed by atoms with Crippen LogP contribution in [-0.2, 0) is 27.6 Å². The first-order valence-electron chi connectivity index (χ1n) is 12.1. The van der Waals surface area contributed by atoms with Gasteiger partial charge in [-0.3, -0.25) is 4.79 Å². The van der Waals surface area contributed by atoms with E-state index in [1.54, 1.807) is 24.4 Å². The van der Waals surface area contributed by atoms with Crippen molar-refractivity contribution >= 4 is 21.6 Å². The summed E-state index contributed by atoms with van der Waals surface area (Å²) >= 11 is 0. The van der Waals surface area contributed by atoms with E-state index in [2.05, 4.69) is 15.3 Å². The van der Waals surface area contributed by atoms with E-state index in [-0.39, 0.29) is 42.5 Å². The van der Waals surface area contributed by atoms with Crippen LogP contribution in [-0.4, -0.2) is 48.1 Å². The van der Waals surface area contributed by atoms with Crippen LogP contribution in [0.3, 0.4) is 0 Å². The summed E-state index contributed by atoms with van der Waals surface area (Å²) in [7, 11) is -3.03. The van der Waals surface area contributed by atoms with E-state index in [0.29, 0.717) is 29.4 Å². The molecule has 3 unspecified atom stereocenters. The van der Waals surface area contributed by atoms with Crippen molar-refractivity contribution in [2.75, 3.05) is 23.9 Å². The van der Waals surface area contributed by atoms with Gasteiger partial charge >= 0.3 is 5.97 Å². The number of rotatable bonds is 10. The fourth-order valence-electron chi connectivity index (χ4n) is 5.21. The Morgan fingerprint density at radius 3 is 2.78 bits per heavy atom. The molecule has 0 bridgehead atoms. The molecule has 8 nitrogen and oxygen atoms in total. The second kappa shape index (κ2) is 9.74. The lowest BCUT2D eigenvalue weighted by Gasteiger charge is -2.13. The smallest absolute Gasteiger partial charge is 0.307 e. The number of nitrogens with zero attached hydrogens (tertiary/aromatic N) is 2. The van der Waals surface area contributed by atoms with Gasteiger partial charge in [-0.1, -0.05) is 6.07 Å². The van der Waals surface area contributed by atoms with Crippen LogP contribution < -0.4 is 10.1 Å². The number of carboxylic acids is 1. The number of aliphatic carboxylic acids is 1. The second-order valence-electron chi connectivity index (χ2n) is 9.80. The Bertz CT molecular complexity index is 1480. The number of carboxylic acid groups (broad SMARTS) is 1. The first kappa shape index (κ1) is 25.1. The quantitative estimate of drug-likeness (QED) is 0.382. The Morgan fingerprint density at radius 1 is 1.24 bits per heavy atom. The zero-order valence-electron chi connectivity index (χ0n) is 20.6. The van der Waals surface area contributed by atoms with Crippen LogP contribution in [0.15, 0.2) is 42.6 Å². The van der Waals surface area contributed by atoms with Gasteiger partial charge in [0, 0.05) is 47.8 Å². The van der Waals surface area contributed by atoms with Crippen molar-refractivity contribution in [1.29, 1.82) is 0 Å². The third kappa shape index (κ3) is 5.44. The predicted octanol–water partition coefficient (Wildman–Crippen LogP) is 3.99.